The van der Waals surface area contributed by atoms with Crippen molar-refractivity contribution in [2.24, 2.45) is 0 Å². The molecule has 0 N–H and O–H groups in total. The largest absolute Gasteiger partial charge is 0 e. The van der Waals surface area contributed by atoms with Gasteiger partial charge in [-0.25, -0.2) is 0 Å². The molecule has 0 unspecified atom stereocenters. The molecule has 0 saturated heterocycles. The van der Waals surface area contributed by atoms with Gasteiger partial charge in [0.2, 0.25) is 0 Å². The minimum Gasteiger partial charge on any atom is 0 e. The smallest absolute Gasteiger partial charge is 0 e. The van der Waals surface area contributed by atoms with Crippen LogP contribution < -0.4 is 4.40 Å². The zero-order valence-electron chi connectivity index (χ0n) is 33.8. The molecule has 6 aromatic carbocycles. The monoisotopic (exact) mass is 980 g/mol. The van der Waals surface area contributed by atoms with Crippen LogP contribution in [0.1, 0.15) is 26.7 Å². The standard InChI is InChI=1S/C32H24NO.C20H20GeN.Ir/c1-21(2)24-15-16-33-30(20-24)25-13-14-31-28(17-25)29-19-26(22-9-5-3-6-10-22)18-27(32(29)34-31)23-11-7-4-8-12-23;1-21(2,3)19-12-13-20(22-15-19)18-11-7-10-17(14-18)16-8-5-4-6-9-16;/h3-12,14-21H,1-2H3;4-10,12-15H,1-3H3;/q2*-1;/i21D;;. The van der Waals surface area contributed by atoms with Gasteiger partial charge >= 0.3 is 135 Å². The second kappa shape index (κ2) is 17.4. The van der Waals surface area contributed by atoms with Crippen LogP contribution in [-0.4, -0.2) is 23.2 Å². The molecule has 283 valence electrons. The molecule has 1 radical (unpaired) electrons. The van der Waals surface area contributed by atoms with E-state index in [4.69, 9.17) is 5.79 Å². The maximum atomic E-state index is 8.40. The number of fused-ring (bicyclic) bond motifs is 3. The summed E-state index contributed by atoms with van der Waals surface area (Å²) < 4.78 is 16.3. The molecule has 0 aliphatic carbocycles. The van der Waals surface area contributed by atoms with Gasteiger partial charge in [0.15, 0.2) is 0 Å². The molecule has 3 nitrogen and oxygen atoms in total. The number of hydrogen-bond donors (Lipinski definition) is 0. The van der Waals surface area contributed by atoms with Crippen molar-refractivity contribution in [3.05, 3.63) is 188 Å². The van der Waals surface area contributed by atoms with Crippen molar-refractivity contribution < 1.29 is 25.9 Å². The van der Waals surface area contributed by atoms with E-state index in [1.165, 1.54) is 15.5 Å². The van der Waals surface area contributed by atoms with Crippen molar-refractivity contribution in [2.75, 3.05) is 0 Å². The van der Waals surface area contributed by atoms with Crippen molar-refractivity contribution in [3.63, 3.8) is 0 Å². The van der Waals surface area contributed by atoms with Crippen molar-refractivity contribution in [1.82, 2.24) is 9.97 Å². The Hall–Kier alpha value is -5.39. The molecule has 3 heterocycles. The Morgan fingerprint density at radius 2 is 1.25 bits per heavy atom. The first-order valence-corrected chi connectivity index (χ1v) is 26.4. The first-order chi connectivity index (χ1) is 27.5. The van der Waals surface area contributed by atoms with E-state index in [2.05, 4.69) is 161 Å². The second-order valence-electron chi connectivity index (χ2n) is 15.3. The Morgan fingerprint density at radius 3 is 1.88 bits per heavy atom. The maximum absolute atomic E-state index is 8.40. The van der Waals surface area contributed by atoms with Crippen LogP contribution >= 0.6 is 0 Å². The van der Waals surface area contributed by atoms with E-state index in [1.807, 2.05) is 56.3 Å². The second-order valence-corrected chi connectivity index (χ2v) is 26.0. The molecule has 5 heteroatoms. The van der Waals surface area contributed by atoms with Gasteiger partial charge in [0, 0.05) is 38.6 Å². The van der Waals surface area contributed by atoms with Gasteiger partial charge in [-0.2, -0.15) is 0 Å². The van der Waals surface area contributed by atoms with Gasteiger partial charge in [-0.05, 0) is 46.5 Å². The number of benzene rings is 6. The predicted molar refractivity (Wildman–Crippen MR) is 238 cm³/mol. The summed E-state index contributed by atoms with van der Waals surface area (Å²) in [6, 6.07) is 60.8. The molecule has 0 bridgehead atoms. The Kier molecular flexibility index (Phi) is 11.7. The molecule has 57 heavy (non-hydrogen) atoms. The van der Waals surface area contributed by atoms with Gasteiger partial charge in [0.05, 0.1) is 5.58 Å². The topological polar surface area (TPSA) is 38.9 Å². The van der Waals surface area contributed by atoms with Crippen LogP contribution in [0.4, 0.5) is 0 Å². The summed E-state index contributed by atoms with van der Waals surface area (Å²) in [6.07, 6.45) is 3.83. The number of rotatable bonds is 7. The molecule has 0 fully saturated rings. The van der Waals surface area contributed by atoms with E-state index < -0.39 is 19.2 Å². The third kappa shape index (κ3) is 8.95. The van der Waals surface area contributed by atoms with Crippen LogP contribution in [0.2, 0.25) is 17.3 Å². The number of nitrogens with zero attached hydrogens (tertiary/aromatic N) is 2. The zero-order chi connectivity index (χ0) is 39.6. The van der Waals surface area contributed by atoms with E-state index >= 15 is 0 Å². The number of aromatic nitrogens is 2. The quantitative estimate of drug-likeness (QED) is 0.118. The third-order valence-electron chi connectivity index (χ3n) is 10.1. The molecule has 0 aliphatic rings. The normalized spacial score (nSPS) is 11.7. The van der Waals surface area contributed by atoms with E-state index in [9.17, 15) is 0 Å². The van der Waals surface area contributed by atoms with Crippen molar-refractivity contribution in [2.45, 2.75) is 37.0 Å². The van der Waals surface area contributed by atoms with Crippen LogP contribution in [0.3, 0.4) is 0 Å². The van der Waals surface area contributed by atoms with Gasteiger partial charge in [-0.15, -0.1) is 23.8 Å². The van der Waals surface area contributed by atoms with Gasteiger partial charge in [-0.1, -0.05) is 91.5 Å². The van der Waals surface area contributed by atoms with Crippen LogP contribution in [0.15, 0.2) is 175 Å². The Bertz CT molecular complexity index is 2790. The number of hydrogen-bond acceptors (Lipinski definition) is 3. The van der Waals surface area contributed by atoms with Crippen molar-refractivity contribution in [3.8, 4) is 55.9 Å². The molecule has 0 saturated carbocycles. The third-order valence-corrected chi connectivity index (χ3v) is 14.4. The summed E-state index contributed by atoms with van der Waals surface area (Å²) in [5.74, 6) is 6.47. The van der Waals surface area contributed by atoms with Crippen LogP contribution in [0.25, 0.3) is 77.8 Å². The van der Waals surface area contributed by atoms with Gasteiger partial charge in [0.25, 0.3) is 0 Å². The predicted octanol–water partition coefficient (Wildman–Crippen LogP) is 13.7. The molecule has 0 aliphatic heterocycles. The summed E-state index contributed by atoms with van der Waals surface area (Å²) in [7, 11) is 0. The fourth-order valence-corrected chi connectivity index (χ4v) is 9.08. The summed E-state index contributed by atoms with van der Waals surface area (Å²) >= 11 is -1.79. The average molecular weight is 979 g/mol. The minimum atomic E-state index is -1.79. The molecule has 0 amide bonds. The maximum Gasteiger partial charge on any atom is 0 e. The molecular formula is C52H44GeIrN2O-2. The van der Waals surface area contributed by atoms with E-state index in [1.54, 1.807) is 6.20 Å². The van der Waals surface area contributed by atoms with Gasteiger partial charge in [0.1, 0.15) is 5.58 Å². The van der Waals surface area contributed by atoms with Crippen LogP contribution in [0, 0.1) is 12.1 Å². The van der Waals surface area contributed by atoms with Gasteiger partial charge in [-0.3, -0.25) is 0 Å². The van der Waals surface area contributed by atoms with Crippen LogP contribution in [0.5, 0.6) is 0 Å². The van der Waals surface area contributed by atoms with E-state index in [0.717, 1.165) is 72.3 Å². The molecule has 3 aromatic heterocycles. The van der Waals surface area contributed by atoms with E-state index in [0.29, 0.717) is 0 Å². The Balaban J connectivity index is 0.000000192. The first-order valence-electron chi connectivity index (χ1n) is 19.6. The Morgan fingerprint density at radius 1 is 0.596 bits per heavy atom. The molecule has 0 spiro atoms. The summed E-state index contributed by atoms with van der Waals surface area (Å²) in [5, 5.41) is 2.09. The van der Waals surface area contributed by atoms with E-state index in [-0.39, 0.29) is 20.1 Å². The number of furan rings is 1. The molecule has 0 atom stereocenters. The Labute approximate surface area is 354 Å². The summed E-state index contributed by atoms with van der Waals surface area (Å²) in [4.78, 5) is 9.25. The molecule has 9 rings (SSSR count). The molecular weight excluding hydrogens is 933 g/mol. The van der Waals surface area contributed by atoms with Gasteiger partial charge < -0.3 is 9.40 Å². The zero-order valence-corrected chi connectivity index (χ0v) is 37.3. The summed E-state index contributed by atoms with van der Waals surface area (Å²) in [6.45, 7) is 3.78. The van der Waals surface area contributed by atoms with Crippen molar-refractivity contribution >= 4 is 39.6 Å². The minimum absolute atomic E-state index is 0. The molecule has 9 aromatic rings. The first kappa shape index (κ1) is 38.5. The van der Waals surface area contributed by atoms with Crippen molar-refractivity contribution in [1.29, 1.82) is 0 Å². The average Bonchev–Trinajstić information content (AvgIpc) is 3.62. The van der Waals surface area contributed by atoms with Crippen LogP contribution in [-0.2, 0) is 20.1 Å². The SMILES string of the molecule is [2H]C(C)(C)c1ccnc(-c2[c-]cc3oc4c(-c5ccccc5)cc(-c5ccccc5)cc4c3c2)c1.[CH3][Ge]([CH3])([CH3])[c]1ccc(-c2[c-]ccc(-c3ccccc3)c2)nc1.[Ir]. The summed E-state index contributed by atoms with van der Waals surface area (Å²) in [5.41, 5.74) is 13.2. The fourth-order valence-electron chi connectivity index (χ4n) is 6.91. The number of pyridine rings is 2. The fraction of sp³-hybridized carbons (Fsp3) is 0.115.